The van der Waals surface area contributed by atoms with Crippen LogP contribution in [0.4, 0.5) is 4.39 Å². The Balaban J connectivity index is 4.04. The molecule has 2 N–H and O–H groups in total. The van der Waals surface area contributed by atoms with Crippen molar-refractivity contribution in [2.75, 3.05) is 6.67 Å². The highest BCUT2D eigenvalue weighted by molar-refractivity contribution is 9.11. The van der Waals surface area contributed by atoms with Gasteiger partial charge < -0.3 is 5.73 Å². The van der Waals surface area contributed by atoms with E-state index in [1.807, 2.05) is 13.0 Å². The van der Waals surface area contributed by atoms with Crippen LogP contribution in [0.1, 0.15) is 13.3 Å². The second-order valence-corrected chi connectivity index (χ2v) is 2.67. The Labute approximate surface area is 68.9 Å². The lowest BCUT2D eigenvalue weighted by Gasteiger charge is -1.94. The van der Waals surface area contributed by atoms with Crippen LogP contribution in [0.2, 0.25) is 0 Å². The third-order valence-electron chi connectivity index (χ3n) is 0.951. The number of hydrogen-bond acceptors (Lipinski definition) is 1. The van der Waals surface area contributed by atoms with Crippen molar-refractivity contribution in [1.82, 2.24) is 0 Å². The molecule has 0 bridgehead atoms. The fraction of sp³-hybridized carbons (Fsp3) is 0.429. The number of rotatable bonds is 3. The number of alkyl halides is 1. The molecule has 0 aromatic heterocycles. The van der Waals surface area contributed by atoms with Crippen LogP contribution in [0.25, 0.3) is 0 Å². The summed E-state index contributed by atoms with van der Waals surface area (Å²) in [6, 6.07) is 0. The van der Waals surface area contributed by atoms with Crippen molar-refractivity contribution in [1.29, 1.82) is 0 Å². The molecule has 0 saturated heterocycles. The lowest BCUT2D eigenvalue weighted by atomic mass is 10.3. The summed E-state index contributed by atoms with van der Waals surface area (Å²) in [6.07, 6.45) is 4.59. The molecule has 0 aromatic carbocycles. The van der Waals surface area contributed by atoms with E-state index >= 15 is 0 Å². The summed E-state index contributed by atoms with van der Waals surface area (Å²) >= 11 is 3.13. The Morgan fingerprint density at radius 2 is 2.30 bits per heavy atom. The van der Waals surface area contributed by atoms with Gasteiger partial charge in [-0.2, -0.15) is 0 Å². The van der Waals surface area contributed by atoms with Gasteiger partial charge in [-0.05, 0) is 22.4 Å². The average molecular weight is 208 g/mol. The Morgan fingerprint density at radius 3 is 2.70 bits per heavy atom. The second-order valence-electron chi connectivity index (χ2n) is 1.82. The van der Waals surface area contributed by atoms with E-state index in [9.17, 15) is 4.39 Å². The van der Waals surface area contributed by atoms with E-state index in [1.54, 1.807) is 6.08 Å². The fourth-order valence-corrected chi connectivity index (χ4v) is 0.685. The smallest absolute Gasteiger partial charge is 0.130 e. The van der Waals surface area contributed by atoms with Crippen molar-refractivity contribution in [2.24, 2.45) is 5.73 Å². The van der Waals surface area contributed by atoms with E-state index in [1.165, 1.54) is 0 Å². The molecule has 0 heterocycles. The summed E-state index contributed by atoms with van der Waals surface area (Å²) < 4.78 is 12.5. The van der Waals surface area contributed by atoms with E-state index in [2.05, 4.69) is 15.9 Å². The standard InChI is InChI=1S/C7H11BrFN/c1-2-3-4-6(8)7(10)5-9/h3-4H,2,5,10H2,1H3/b4-3-,7-6-. The minimum Gasteiger partial charge on any atom is -0.399 e. The molecule has 0 saturated carbocycles. The molecule has 0 aliphatic carbocycles. The molecular weight excluding hydrogens is 197 g/mol. The number of hydrogen-bond donors (Lipinski definition) is 1. The van der Waals surface area contributed by atoms with Crippen molar-refractivity contribution in [2.45, 2.75) is 13.3 Å². The fourth-order valence-electron chi connectivity index (χ4n) is 0.392. The van der Waals surface area contributed by atoms with Crippen molar-refractivity contribution in [3.05, 3.63) is 22.3 Å². The first kappa shape index (κ1) is 9.69. The molecule has 0 amide bonds. The van der Waals surface area contributed by atoms with Crippen LogP contribution in [-0.2, 0) is 0 Å². The summed E-state index contributed by atoms with van der Waals surface area (Å²) in [5.74, 6) is 0. The maximum absolute atomic E-state index is 11.8. The van der Waals surface area contributed by atoms with Crippen LogP contribution in [0, 0.1) is 0 Å². The van der Waals surface area contributed by atoms with Gasteiger partial charge in [0.05, 0.1) is 5.70 Å². The molecule has 58 valence electrons. The molecule has 0 aliphatic rings. The largest absolute Gasteiger partial charge is 0.399 e. The molecule has 0 aliphatic heterocycles. The first-order chi connectivity index (χ1) is 4.72. The summed E-state index contributed by atoms with van der Waals surface area (Å²) in [4.78, 5) is 0. The SMILES string of the molecule is CC/C=C\C(Br)=C(\N)CF. The summed E-state index contributed by atoms with van der Waals surface area (Å²) in [5.41, 5.74) is 5.50. The van der Waals surface area contributed by atoms with E-state index in [0.717, 1.165) is 6.42 Å². The molecule has 0 atom stereocenters. The average Bonchev–Trinajstić information content (AvgIpc) is 1.98. The molecule has 0 radical (unpaired) electrons. The van der Waals surface area contributed by atoms with Crippen LogP contribution in [0.3, 0.4) is 0 Å². The zero-order valence-corrected chi connectivity index (χ0v) is 7.49. The van der Waals surface area contributed by atoms with E-state index in [0.29, 0.717) is 4.48 Å². The lowest BCUT2D eigenvalue weighted by molar-refractivity contribution is 0.539. The van der Waals surface area contributed by atoms with Crippen molar-refractivity contribution in [3.8, 4) is 0 Å². The maximum Gasteiger partial charge on any atom is 0.130 e. The molecule has 0 unspecified atom stereocenters. The van der Waals surface area contributed by atoms with Crippen LogP contribution >= 0.6 is 15.9 Å². The van der Waals surface area contributed by atoms with E-state index in [4.69, 9.17) is 5.73 Å². The van der Waals surface area contributed by atoms with Gasteiger partial charge in [-0.3, -0.25) is 0 Å². The monoisotopic (exact) mass is 207 g/mol. The summed E-state index contributed by atoms with van der Waals surface area (Å²) in [6.45, 7) is 1.40. The summed E-state index contributed by atoms with van der Waals surface area (Å²) in [5, 5.41) is 0. The second kappa shape index (κ2) is 5.47. The van der Waals surface area contributed by atoms with Crippen molar-refractivity contribution in [3.63, 3.8) is 0 Å². The minimum atomic E-state index is -0.603. The highest BCUT2D eigenvalue weighted by atomic mass is 79.9. The molecular formula is C7H11BrFN. The molecule has 0 spiro atoms. The topological polar surface area (TPSA) is 26.0 Å². The molecule has 0 aromatic rings. The van der Waals surface area contributed by atoms with E-state index < -0.39 is 6.67 Å². The maximum atomic E-state index is 11.8. The van der Waals surface area contributed by atoms with Gasteiger partial charge in [0.1, 0.15) is 6.67 Å². The molecule has 3 heteroatoms. The Hall–Kier alpha value is -0.310. The van der Waals surface area contributed by atoms with Crippen LogP contribution in [0.15, 0.2) is 22.3 Å². The molecule has 10 heavy (non-hydrogen) atoms. The lowest BCUT2D eigenvalue weighted by Crippen LogP contribution is -1.99. The van der Waals surface area contributed by atoms with Crippen LogP contribution < -0.4 is 5.73 Å². The predicted molar refractivity (Wildman–Crippen MR) is 45.5 cm³/mol. The zero-order chi connectivity index (χ0) is 7.98. The Kier molecular flexibility index (Phi) is 5.30. The molecule has 0 rings (SSSR count). The first-order valence-corrected chi connectivity index (χ1v) is 3.88. The number of nitrogens with two attached hydrogens (primary N) is 1. The minimum absolute atomic E-state index is 0.240. The normalized spacial score (nSPS) is 13.9. The van der Waals surface area contributed by atoms with Gasteiger partial charge in [-0.25, -0.2) is 4.39 Å². The van der Waals surface area contributed by atoms with Gasteiger partial charge >= 0.3 is 0 Å². The van der Waals surface area contributed by atoms with Crippen LogP contribution in [0.5, 0.6) is 0 Å². The van der Waals surface area contributed by atoms with Gasteiger partial charge in [0.2, 0.25) is 0 Å². The summed E-state index contributed by atoms with van der Waals surface area (Å²) in [7, 11) is 0. The highest BCUT2D eigenvalue weighted by Crippen LogP contribution is 2.10. The van der Waals surface area contributed by atoms with Gasteiger partial charge in [-0.1, -0.05) is 19.1 Å². The first-order valence-electron chi connectivity index (χ1n) is 3.09. The van der Waals surface area contributed by atoms with Crippen LogP contribution in [-0.4, -0.2) is 6.67 Å². The zero-order valence-electron chi connectivity index (χ0n) is 5.90. The van der Waals surface area contributed by atoms with Gasteiger partial charge in [0, 0.05) is 4.48 Å². The van der Waals surface area contributed by atoms with Crippen molar-refractivity contribution < 1.29 is 4.39 Å². The number of allylic oxidation sites excluding steroid dienone is 4. The Morgan fingerprint density at radius 1 is 1.70 bits per heavy atom. The Bertz CT molecular complexity index is 152. The van der Waals surface area contributed by atoms with E-state index in [-0.39, 0.29) is 5.70 Å². The molecule has 0 fully saturated rings. The predicted octanol–water partition coefficient (Wildman–Crippen LogP) is 2.49. The third-order valence-corrected chi connectivity index (χ3v) is 1.72. The highest BCUT2D eigenvalue weighted by Gasteiger charge is 1.92. The number of halogens is 2. The quantitative estimate of drug-likeness (QED) is 0.708. The van der Waals surface area contributed by atoms with Crippen molar-refractivity contribution >= 4 is 15.9 Å². The van der Waals surface area contributed by atoms with Gasteiger partial charge in [0.15, 0.2) is 0 Å². The van der Waals surface area contributed by atoms with Gasteiger partial charge in [-0.15, -0.1) is 0 Å². The third kappa shape index (κ3) is 3.67. The molecule has 1 nitrogen and oxygen atoms in total. The van der Waals surface area contributed by atoms with Gasteiger partial charge in [0.25, 0.3) is 0 Å².